The zero-order valence-electron chi connectivity index (χ0n) is 17.8. The van der Waals surface area contributed by atoms with Gasteiger partial charge in [-0.3, -0.25) is 9.36 Å². The van der Waals surface area contributed by atoms with Crippen LogP contribution in [0.4, 0.5) is 4.79 Å². The summed E-state index contributed by atoms with van der Waals surface area (Å²) in [6.07, 6.45) is -0.883. The van der Waals surface area contributed by atoms with E-state index in [4.69, 9.17) is 4.74 Å². The van der Waals surface area contributed by atoms with Crippen LogP contribution in [0.25, 0.3) is 0 Å². The lowest BCUT2D eigenvalue weighted by Crippen LogP contribution is -2.38. The number of rotatable bonds is 11. The average Bonchev–Trinajstić information content (AvgIpc) is 2.72. The Morgan fingerprint density at radius 2 is 1.55 bits per heavy atom. The maximum absolute atomic E-state index is 13.2. The molecule has 3 N–H and O–H groups in total. The number of alkyl carbamates (subject to hydrolysis) is 1. The molecule has 0 fully saturated rings. The number of amides is 1. The summed E-state index contributed by atoms with van der Waals surface area (Å²) in [5.41, 5.74) is 1.54. The summed E-state index contributed by atoms with van der Waals surface area (Å²) in [5, 5.41) is 12.0. The molecule has 7 nitrogen and oxygen atoms in total. The summed E-state index contributed by atoms with van der Waals surface area (Å²) in [4.78, 5) is 34.8. The van der Waals surface area contributed by atoms with E-state index in [1.54, 1.807) is 36.4 Å². The summed E-state index contributed by atoms with van der Waals surface area (Å²) < 4.78 is 18.5. The number of carboxylic acid groups (broad SMARTS) is 1. The number of hydrogen-bond donors (Lipinski definition) is 3. The van der Waals surface area contributed by atoms with Crippen molar-refractivity contribution >= 4 is 19.4 Å². The molecule has 0 radical (unpaired) electrons. The maximum Gasteiger partial charge on any atom is 0.408 e. The molecule has 0 saturated carbocycles. The molecule has 3 atom stereocenters. The summed E-state index contributed by atoms with van der Waals surface area (Å²) in [6, 6.07) is 18.1. The first-order chi connectivity index (χ1) is 14.7. The Labute approximate surface area is 182 Å². The van der Waals surface area contributed by atoms with Gasteiger partial charge in [-0.1, -0.05) is 74.5 Å². The first-order valence-electron chi connectivity index (χ1n) is 10.2. The highest BCUT2D eigenvalue weighted by molar-refractivity contribution is 7.58. The molecule has 0 heterocycles. The number of carbonyl (C=O) groups excluding carboxylic acids is 1. The van der Waals surface area contributed by atoms with Crippen molar-refractivity contribution in [1.82, 2.24) is 5.32 Å². The van der Waals surface area contributed by atoms with Crippen molar-refractivity contribution < 1.29 is 28.9 Å². The van der Waals surface area contributed by atoms with Crippen molar-refractivity contribution in [2.75, 3.05) is 6.16 Å². The van der Waals surface area contributed by atoms with Crippen LogP contribution in [-0.4, -0.2) is 34.0 Å². The zero-order chi connectivity index (χ0) is 22.9. The number of carboxylic acids is 1. The van der Waals surface area contributed by atoms with Crippen molar-refractivity contribution in [3.63, 3.8) is 0 Å². The van der Waals surface area contributed by atoms with E-state index in [0.29, 0.717) is 0 Å². The first-order valence-corrected chi connectivity index (χ1v) is 12.1. The highest BCUT2D eigenvalue weighted by atomic mass is 31.2. The molecule has 2 aromatic carbocycles. The van der Waals surface area contributed by atoms with Crippen molar-refractivity contribution in [2.24, 2.45) is 11.8 Å². The number of benzene rings is 2. The molecule has 8 heteroatoms. The topological polar surface area (TPSA) is 113 Å². The third-order valence-electron chi connectivity index (χ3n) is 4.84. The standard InChI is InChI=1S/C23H30NO6P/c1-17(2)13-20(22(25)26)16-31(28,29)21(14-18-9-5-3-6-10-18)24-23(27)30-15-19-11-7-4-8-12-19/h3-12,17,20-21H,13-16H2,1-2H3,(H,24,27)(H,25,26)(H,28,29)/t20-,21+/m0/s1. The normalized spacial score (nSPS) is 15.0. The van der Waals surface area contributed by atoms with Gasteiger partial charge in [0.1, 0.15) is 12.4 Å². The molecule has 0 aromatic heterocycles. The predicted octanol–water partition coefficient (Wildman–Crippen LogP) is 4.50. The van der Waals surface area contributed by atoms with E-state index in [1.165, 1.54) is 0 Å². The van der Waals surface area contributed by atoms with Crippen LogP contribution in [0.5, 0.6) is 0 Å². The van der Waals surface area contributed by atoms with Crippen LogP contribution in [0.2, 0.25) is 0 Å². The monoisotopic (exact) mass is 447 g/mol. The zero-order valence-corrected chi connectivity index (χ0v) is 18.7. The quantitative estimate of drug-likeness (QED) is 0.437. The Bertz CT molecular complexity index is 887. The van der Waals surface area contributed by atoms with Gasteiger partial charge >= 0.3 is 12.1 Å². The van der Waals surface area contributed by atoms with Gasteiger partial charge in [0, 0.05) is 12.6 Å². The van der Waals surface area contributed by atoms with Gasteiger partial charge in [-0.05, 0) is 23.5 Å². The van der Waals surface area contributed by atoms with Gasteiger partial charge in [-0.15, -0.1) is 0 Å². The van der Waals surface area contributed by atoms with Gasteiger partial charge in [0.2, 0.25) is 7.37 Å². The third-order valence-corrected chi connectivity index (χ3v) is 7.09. The SMILES string of the molecule is CC(C)C[C@@H](CP(=O)(O)[C@H](Cc1ccccc1)NC(=O)OCc1ccccc1)C(=O)O. The van der Waals surface area contributed by atoms with Crippen LogP contribution in [0.15, 0.2) is 60.7 Å². The second kappa shape index (κ2) is 11.7. The van der Waals surface area contributed by atoms with Gasteiger partial charge in [0.25, 0.3) is 0 Å². The number of aliphatic carboxylic acids is 1. The van der Waals surface area contributed by atoms with Crippen molar-refractivity contribution in [3.8, 4) is 0 Å². The maximum atomic E-state index is 13.2. The van der Waals surface area contributed by atoms with Crippen molar-refractivity contribution in [2.45, 2.75) is 39.1 Å². The molecule has 0 spiro atoms. The fourth-order valence-corrected chi connectivity index (χ4v) is 5.29. The van der Waals surface area contributed by atoms with E-state index in [0.717, 1.165) is 11.1 Å². The van der Waals surface area contributed by atoms with E-state index >= 15 is 0 Å². The summed E-state index contributed by atoms with van der Waals surface area (Å²) in [6.45, 7) is 3.74. The third kappa shape index (κ3) is 8.56. The molecular formula is C23H30NO6P. The molecule has 0 saturated heterocycles. The second-order valence-corrected chi connectivity index (χ2v) is 10.5. The highest BCUT2D eigenvalue weighted by Crippen LogP contribution is 2.49. The van der Waals surface area contributed by atoms with E-state index in [-0.39, 0.29) is 25.4 Å². The number of nitrogens with one attached hydrogen (secondary N) is 1. The molecule has 1 unspecified atom stereocenters. The number of hydrogen-bond acceptors (Lipinski definition) is 4. The van der Waals surface area contributed by atoms with E-state index in [2.05, 4.69) is 5.32 Å². The minimum atomic E-state index is -4.08. The Hall–Kier alpha value is -2.63. The lowest BCUT2D eigenvalue weighted by Gasteiger charge is -2.27. The molecule has 31 heavy (non-hydrogen) atoms. The van der Waals surface area contributed by atoms with Gasteiger partial charge in [0.05, 0.1) is 5.92 Å². The van der Waals surface area contributed by atoms with Crippen LogP contribution in [0, 0.1) is 11.8 Å². The van der Waals surface area contributed by atoms with Crippen LogP contribution in [0.1, 0.15) is 31.4 Å². The molecule has 0 aliphatic carbocycles. The van der Waals surface area contributed by atoms with Crippen LogP contribution in [0.3, 0.4) is 0 Å². The molecule has 2 aromatic rings. The van der Waals surface area contributed by atoms with Crippen LogP contribution < -0.4 is 5.32 Å². The van der Waals surface area contributed by atoms with Crippen LogP contribution >= 0.6 is 7.37 Å². The fourth-order valence-electron chi connectivity index (χ4n) is 3.30. The molecule has 2 rings (SSSR count). The lowest BCUT2D eigenvalue weighted by atomic mass is 9.99. The van der Waals surface area contributed by atoms with Gasteiger partial charge in [-0.2, -0.15) is 0 Å². The smallest absolute Gasteiger partial charge is 0.408 e. The second-order valence-electron chi connectivity index (χ2n) is 8.01. The number of carbonyl (C=O) groups is 2. The van der Waals surface area contributed by atoms with Gasteiger partial charge < -0.3 is 20.1 Å². The average molecular weight is 447 g/mol. The first kappa shape index (κ1) is 24.6. The largest absolute Gasteiger partial charge is 0.481 e. The summed E-state index contributed by atoms with van der Waals surface area (Å²) in [7, 11) is -4.08. The molecule has 0 aliphatic heterocycles. The minimum Gasteiger partial charge on any atom is -0.481 e. The van der Waals surface area contributed by atoms with E-state index in [1.807, 2.05) is 38.1 Å². The fraction of sp³-hybridized carbons (Fsp3) is 0.391. The van der Waals surface area contributed by atoms with Gasteiger partial charge in [0.15, 0.2) is 0 Å². The molecule has 0 bridgehead atoms. The molecule has 0 aliphatic rings. The van der Waals surface area contributed by atoms with Crippen molar-refractivity contribution in [1.29, 1.82) is 0 Å². The van der Waals surface area contributed by atoms with E-state index in [9.17, 15) is 24.2 Å². The minimum absolute atomic E-state index is 0.0194. The Morgan fingerprint density at radius 1 is 1.00 bits per heavy atom. The van der Waals surface area contributed by atoms with E-state index < -0.39 is 37.3 Å². The number of ether oxygens (including phenoxy) is 1. The van der Waals surface area contributed by atoms with Crippen LogP contribution in [-0.2, 0) is 27.1 Å². The molecular weight excluding hydrogens is 417 g/mol. The Kier molecular flexibility index (Phi) is 9.28. The Balaban J connectivity index is 2.15. The van der Waals surface area contributed by atoms with Gasteiger partial charge in [-0.25, -0.2) is 4.79 Å². The predicted molar refractivity (Wildman–Crippen MR) is 119 cm³/mol. The van der Waals surface area contributed by atoms with Crippen molar-refractivity contribution in [3.05, 3.63) is 71.8 Å². The Morgan fingerprint density at radius 3 is 2.06 bits per heavy atom. The summed E-state index contributed by atoms with van der Waals surface area (Å²) in [5.74, 6) is -3.20. The lowest BCUT2D eigenvalue weighted by molar-refractivity contribution is -0.141. The molecule has 1 amide bonds. The highest BCUT2D eigenvalue weighted by Gasteiger charge is 2.37. The summed E-state index contributed by atoms with van der Waals surface area (Å²) >= 11 is 0. The molecule has 168 valence electrons.